The summed E-state index contributed by atoms with van der Waals surface area (Å²) in [6, 6.07) is 8.05. The van der Waals surface area contributed by atoms with Gasteiger partial charge in [-0.3, -0.25) is 9.69 Å². The van der Waals surface area contributed by atoms with Crippen molar-refractivity contribution in [1.82, 2.24) is 9.80 Å². The van der Waals surface area contributed by atoms with E-state index in [0.29, 0.717) is 30.9 Å². The number of amides is 1. The van der Waals surface area contributed by atoms with Crippen molar-refractivity contribution in [2.75, 3.05) is 20.1 Å². The quantitative estimate of drug-likeness (QED) is 0.461. The van der Waals surface area contributed by atoms with Crippen molar-refractivity contribution >= 4 is 12.0 Å². The molecular weight excluding hydrogens is 545 g/mol. The summed E-state index contributed by atoms with van der Waals surface area (Å²) < 4.78 is 46.2. The number of nitrogens with zero attached hydrogens (tertiary/aromatic N) is 2. The monoisotopic (exact) mass is 582 g/mol. The van der Waals surface area contributed by atoms with Crippen LogP contribution >= 0.6 is 0 Å². The summed E-state index contributed by atoms with van der Waals surface area (Å²) in [5, 5.41) is 24.0. The van der Waals surface area contributed by atoms with E-state index in [2.05, 4.69) is 11.8 Å². The number of phenols is 1. The van der Waals surface area contributed by atoms with Crippen LogP contribution in [-0.4, -0.2) is 69.8 Å². The van der Waals surface area contributed by atoms with Crippen molar-refractivity contribution in [1.29, 1.82) is 0 Å². The number of aromatic hydroxyl groups is 1. The zero-order valence-electron chi connectivity index (χ0n) is 23.9. The fraction of sp³-hybridized carbons (Fsp3) is 0.545. The fourth-order valence-electron chi connectivity index (χ4n) is 8.80. The number of carbonyl (C=O) groups is 1. The number of benzene rings is 2. The van der Waals surface area contributed by atoms with Gasteiger partial charge in [0.1, 0.15) is 6.10 Å². The molecule has 1 spiro atoms. The maximum Gasteiger partial charge on any atom is 0.416 e. The van der Waals surface area contributed by atoms with Crippen LogP contribution in [0.4, 0.5) is 13.2 Å². The van der Waals surface area contributed by atoms with Gasteiger partial charge in [-0.15, -0.1) is 0 Å². The Balaban J connectivity index is 1.25. The molecule has 2 saturated carbocycles. The predicted molar refractivity (Wildman–Crippen MR) is 151 cm³/mol. The molecule has 2 heterocycles. The zero-order valence-corrected chi connectivity index (χ0v) is 23.9. The third kappa shape index (κ3) is 3.88. The summed E-state index contributed by atoms with van der Waals surface area (Å²) in [4.78, 5) is 17.7. The van der Waals surface area contributed by atoms with E-state index < -0.39 is 34.9 Å². The molecule has 0 aromatic heterocycles. The highest BCUT2D eigenvalue weighted by Crippen LogP contribution is 2.67. The molecule has 2 aromatic carbocycles. The number of carbonyl (C=O) groups excluding carboxylic acids is 1. The number of likely N-dealkylation sites (tertiary alicyclic amines) is 1. The average Bonchev–Trinajstić information content (AvgIpc) is 3.71. The number of aliphatic hydroxyl groups is 1. The van der Waals surface area contributed by atoms with Gasteiger partial charge >= 0.3 is 6.18 Å². The van der Waals surface area contributed by atoms with Gasteiger partial charge in [0, 0.05) is 31.3 Å². The Hall–Kier alpha value is -3.04. The lowest BCUT2D eigenvalue weighted by Crippen LogP contribution is -2.81. The predicted octanol–water partition coefficient (Wildman–Crippen LogP) is 5.15. The number of alkyl halides is 3. The van der Waals surface area contributed by atoms with Gasteiger partial charge in [0.2, 0.25) is 5.91 Å². The molecular formula is C33H37F3N2O4. The first kappa shape index (κ1) is 27.8. The summed E-state index contributed by atoms with van der Waals surface area (Å²) in [7, 11) is 1.70. The molecule has 7 rings (SSSR count). The number of hydrogen-bond donors (Lipinski definition) is 2. The first-order chi connectivity index (χ1) is 20.0. The number of ether oxygens (including phenoxy) is 1. The Labute approximate surface area is 243 Å². The van der Waals surface area contributed by atoms with Crippen LogP contribution < -0.4 is 4.74 Å². The second kappa shape index (κ2) is 9.48. The molecule has 1 saturated heterocycles. The molecule has 0 radical (unpaired) electrons. The second-order valence-electron chi connectivity index (χ2n) is 13.0. The average molecular weight is 583 g/mol. The Kier molecular flexibility index (Phi) is 6.27. The SMILES string of the molecule is CC[C@H]1C[C@@H](N(C)C(=O)C=Cc2cccc(C(F)(F)F)c2)[C@H]2Oc3c(O)ccc4c3[C@@]23CCN(CC2CC2)[C@H](C4)[C@]13O. The third-order valence-corrected chi connectivity index (χ3v) is 10.9. The van der Waals surface area contributed by atoms with E-state index in [0.717, 1.165) is 42.8 Å². The van der Waals surface area contributed by atoms with Crippen LogP contribution in [0.15, 0.2) is 42.5 Å². The molecule has 3 fully saturated rings. The van der Waals surface area contributed by atoms with Crippen LogP contribution in [0.5, 0.6) is 11.5 Å². The zero-order chi connectivity index (χ0) is 29.6. The highest BCUT2D eigenvalue weighted by Gasteiger charge is 2.75. The van der Waals surface area contributed by atoms with Crippen LogP contribution in [0.1, 0.15) is 61.3 Å². The van der Waals surface area contributed by atoms with E-state index in [-0.39, 0.29) is 29.2 Å². The van der Waals surface area contributed by atoms with Crippen LogP contribution in [-0.2, 0) is 22.8 Å². The number of halogens is 3. The molecule has 2 bridgehead atoms. The normalized spacial score (nSPS) is 33.4. The van der Waals surface area contributed by atoms with Gasteiger partial charge in [-0.1, -0.05) is 31.5 Å². The molecule has 6 atom stereocenters. The maximum atomic E-state index is 13.6. The highest BCUT2D eigenvalue weighted by atomic mass is 19.4. The first-order valence-corrected chi connectivity index (χ1v) is 15.1. The van der Waals surface area contributed by atoms with Crippen LogP contribution in [0, 0.1) is 11.8 Å². The van der Waals surface area contributed by atoms with Gasteiger partial charge in [0.15, 0.2) is 11.5 Å². The van der Waals surface area contributed by atoms with Gasteiger partial charge in [-0.25, -0.2) is 0 Å². The number of hydrogen-bond acceptors (Lipinski definition) is 5. The smallest absolute Gasteiger partial charge is 0.416 e. The van der Waals surface area contributed by atoms with Gasteiger partial charge in [-0.05, 0) is 85.9 Å². The molecule has 2 aliphatic heterocycles. The summed E-state index contributed by atoms with van der Waals surface area (Å²) in [5.74, 6) is 0.685. The van der Waals surface area contributed by atoms with Crippen molar-refractivity contribution in [3.05, 3.63) is 64.7 Å². The molecule has 0 unspecified atom stereocenters. The van der Waals surface area contributed by atoms with Gasteiger partial charge < -0.3 is 19.8 Å². The Morgan fingerprint density at radius 2 is 2.02 bits per heavy atom. The van der Waals surface area contributed by atoms with E-state index in [1.54, 1.807) is 18.0 Å². The molecule has 5 aliphatic rings. The highest BCUT2D eigenvalue weighted by molar-refractivity contribution is 5.92. The molecule has 6 nitrogen and oxygen atoms in total. The molecule has 9 heteroatoms. The van der Waals surface area contributed by atoms with Crippen molar-refractivity contribution in [2.24, 2.45) is 11.8 Å². The van der Waals surface area contributed by atoms with Crippen molar-refractivity contribution in [3.63, 3.8) is 0 Å². The molecule has 42 heavy (non-hydrogen) atoms. The van der Waals surface area contributed by atoms with Gasteiger partial charge in [-0.2, -0.15) is 13.2 Å². The summed E-state index contributed by atoms with van der Waals surface area (Å²) >= 11 is 0. The van der Waals surface area contributed by atoms with Crippen LogP contribution in [0.2, 0.25) is 0 Å². The van der Waals surface area contributed by atoms with E-state index in [9.17, 15) is 28.2 Å². The third-order valence-electron chi connectivity index (χ3n) is 10.9. The minimum atomic E-state index is -4.47. The summed E-state index contributed by atoms with van der Waals surface area (Å²) in [6.45, 7) is 3.88. The first-order valence-electron chi connectivity index (χ1n) is 15.1. The minimum absolute atomic E-state index is 0.0453. The molecule has 2 N–H and O–H groups in total. The molecule has 1 amide bonds. The van der Waals surface area contributed by atoms with Crippen LogP contribution in [0.25, 0.3) is 6.08 Å². The Morgan fingerprint density at radius 3 is 2.74 bits per heavy atom. The van der Waals surface area contributed by atoms with E-state index >= 15 is 0 Å². The van der Waals surface area contributed by atoms with Crippen molar-refractivity contribution < 1.29 is 32.9 Å². The van der Waals surface area contributed by atoms with E-state index in [1.807, 2.05) is 6.07 Å². The van der Waals surface area contributed by atoms with E-state index in [1.165, 1.54) is 37.1 Å². The number of phenolic OH excluding ortho intramolecular Hbond substituents is 1. The molecule has 224 valence electrons. The van der Waals surface area contributed by atoms with Gasteiger partial charge in [0.25, 0.3) is 0 Å². The lowest BCUT2D eigenvalue weighted by molar-refractivity contribution is -0.228. The Bertz CT molecular complexity index is 1460. The number of piperidine rings is 1. The Morgan fingerprint density at radius 1 is 1.24 bits per heavy atom. The molecule has 2 aromatic rings. The summed E-state index contributed by atoms with van der Waals surface area (Å²) in [6.07, 6.45) is 2.75. The second-order valence-corrected chi connectivity index (χ2v) is 13.0. The van der Waals surface area contributed by atoms with Crippen LogP contribution in [0.3, 0.4) is 0 Å². The van der Waals surface area contributed by atoms with Crippen molar-refractivity contribution in [2.45, 2.75) is 80.8 Å². The maximum absolute atomic E-state index is 13.6. The van der Waals surface area contributed by atoms with Gasteiger partial charge in [0.05, 0.1) is 22.6 Å². The topological polar surface area (TPSA) is 73.2 Å². The molecule has 3 aliphatic carbocycles. The standard InChI is InChI=1S/C33H37F3N2O4/c1-3-22-17-24(37(2)27(40)12-9-19-5-4-6-23(15-19)33(34,35)36)30-31-13-14-38(18-20-7-8-20)26(32(22,31)41)16-21-10-11-25(39)29(42-30)28(21)31/h4-6,9-12,15,20,22,24,26,30,39,41H,3,7-8,13-14,16-18H2,1-2H3/t22-,24+,26+,30+,31-,32+/m0/s1. The lowest BCUT2D eigenvalue weighted by Gasteiger charge is -2.67. The summed E-state index contributed by atoms with van der Waals surface area (Å²) in [5.41, 5.74) is -0.348. The lowest BCUT2D eigenvalue weighted by atomic mass is 9.45. The largest absolute Gasteiger partial charge is 0.504 e. The minimum Gasteiger partial charge on any atom is -0.504 e. The fourth-order valence-corrected chi connectivity index (χ4v) is 8.80. The van der Waals surface area contributed by atoms with E-state index in [4.69, 9.17) is 4.74 Å². The van der Waals surface area contributed by atoms with Crippen molar-refractivity contribution in [3.8, 4) is 11.5 Å². The number of rotatable bonds is 6. The number of likely N-dealkylation sites (N-methyl/N-ethyl adjacent to an activating group) is 1.